The molecule has 2 rings (SSSR count). The largest absolute Gasteiger partial charge is 0.284 e. The molecule has 0 saturated heterocycles. The summed E-state index contributed by atoms with van der Waals surface area (Å²) in [5.41, 5.74) is 3.28. The van der Waals surface area contributed by atoms with E-state index in [0.29, 0.717) is 6.54 Å². The maximum absolute atomic E-state index is 4.47. The summed E-state index contributed by atoms with van der Waals surface area (Å²) >= 11 is 0. The second-order valence-electron chi connectivity index (χ2n) is 3.46. The summed E-state index contributed by atoms with van der Waals surface area (Å²) in [7, 11) is 0. The molecule has 0 aliphatic heterocycles. The van der Waals surface area contributed by atoms with E-state index in [-0.39, 0.29) is 0 Å². The Labute approximate surface area is 96.5 Å². The van der Waals surface area contributed by atoms with Crippen LogP contribution >= 0.6 is 0 Å². The second-order valence-corrected chi connectivity index (χ2v) is 3.46. The molecule has 1 heteroatoms. The van der Waals surface area contributed by atoms with E-state index in [0.717, 1.165) is 16.8 Å². The summed E-state index contributed by atoms with van der Waals surface area (Å²) < 4.78 is 0. The zero-order chi connectivity index (χ0) is 11.2. The van der Waals surface area contributed by atoms with Crippen molar-refractivity contribution in [3.63, 3.8) is 0 Å². The van der Waals surface area contributed by atoms with Crippen LogP contribution in [0.4, 0.5) is 0 Å². The van der Waals surface area contributed by atoms with Crippen molar-refractivity contribution >= 4 is 5.71 Å². The van der Waals surface area contributed by atoms with E-state index in [4.69, 9.17) is 0 Å². The lowest BCUT2D eigenvalue weighted by molar-refractivity contribution is 1.24. The molecule has 0 fully saturated rings. The molecule has 2 aromatic carbocycles. The average Bonchev–Trinajstić information content (AvgIpc) is 2.38. The van der Waals surface area contributed by atoms with Gasteiger partial charge >= 0.3 is 0 Å². The first kappa shape index (κ1) is 10.6. The van der Waals surface area contributed by atoms with E-state index in [2.05, 4.69) is 36.2 Å². The van der Waals surface area contributed by atoms with E-state index in [1.807, 2.05) is 36.4 Å². The number of nitrogens with zero attached hydrogens (tertiary/aromatic N) is 1. The number of aliphatic imine (C=N–C) groups is 1. The van der Waals surface area contributed by atoms with Gasteiger partial charge in [-0.3, -0.25) is 4.99 Å². The third-order valence-corrected chi connectivity index (χ3v) is 2.36. The smallest absolute Gasteiger partial charge is 0.0718 e. The van der Waals surface area contributed by atoms with Crippen molar-refractivity contribution in [2.24, 2.45) is 4.99 Å². The van der Waals surface area contributed by atoms with Crippen molar-refractivity contribution < 1.29 is 0 Å². The van der Waals surface area contributed by atoms with Crippen LogP contribution in [0.2, 0.25) is 0 Å². The lowest BCUT2D eigenvalue weighted by Crippen LogP contribution is -2.03. The van der Waals surface area contributed by atoms with Gasteiger partial charge in [0.2, 0.25) is 0 Å². The quantitative estimate of drug-likeness (QED) is 0.686. The van der Waals surface area contributed by atoms with Crippen LogP contribution in [-0.2, 0) is 0 Å². The fourth-order valence-corrected chi connectivity index (χ4v) is 1.65. The van der Waals surface area contributed by atoms with Crippen LogP contribution < -0.4 is 0 Å². The summed E-state index contributed by atoms with van der Waals surface area (Å²) in [5.74, 6) is 0. The molecule has 0 heterocycles. The standard InChI is InChI=1S/C15H14N/c1-2-16-15(13-9-5-3-6-10-13)14-11-7-4-8-12-14/h3-12H,1-2H2. The van der Waals surface area contributed by atoms with Gasteiger partial charge in [0.05, 0.1) is 5.71 Å². The first-order valence-corrected chi connectivity index (χ1v) is 5.36. The molecule has 0 unspecified atom stereocenters. The minimum absolute atomic E-state index is 0.555. The average molecular weight is 208 g/mol. The lowest BCUT2D eigenvalue weighted by Gasteiger charge is -2.06. The summed E-state index contributed by atoms with van der Waals surface area (Å²) in [4.78, 5) is 4.47. The van der Waals surface area contributed by atoms with Gasteiger partial charge in [-0.15, -0.1) is 0 Å². The summed E-state index contributed by atoms with van der Waals surface area (Å²) in [6, 6.07) is 20.4. The minimum atomic E-state index is 0.555. The van der Waals surface area contributed by atoms with Crippen molar-refractivity contribution in [2.75, 3.05) is 6.54 Å². The van der Waals surface area contributed by atoms with Gasteiger partial charge in [-0.25, -0.2) is 0 Å². The third kappa shape index (κ3) is 2.37. The summed E-state index contributed by atoms with van der Waals surface area (Å²) in [5, 5.41) is 0. The Morgan fingerprint density at radius 3 is 1.62 bits per heavy atom. The van der Waals surface area contributed by atoms with Gasteiger partial charge < -0.3 is 0 Å². The van der Waals surface area contributed by atoms with Crippen LogP contribution in [0.3, 0.4) is 0 Å². The van der Waals surface area contributed by atoms with Gasteiger partial charge in [-0.05, 0) is 6.92 Å². The normalized spacial score (nSPS) is 9.81. The maximum Gasteiger partial charge on any atom is 0.0718 e. The van der Waals surface area contributed by atoms with Crippen molar-refractivity contribution in [2.45, 2.75) is 0 Å². The highest BCUT2D eigenvalue weighted by Gasteiger charge is 2.04. The number of hydrogen-bond donors (Lipinski definition) is 0. The van der Waals surface area contributed by atoms with E-state index >= 15 is 0 Å². The Balaban J connectivity index is 2.44. The van der Waals surface area contributed by atoms with Gasteiger partial charge in [-0.2, -0.15) is 0 Å². The van der Waals surface area contributed by atoms with Crippen LogP contribution in [0.15, 0.2) is 65.7 Å². The molecule has 0 atom stereocenters. The Hall–Kier alpha value is -1.89. The molecule has 79 valence electrons. The molecule has 0 bridgehead atoms. The van der Waals surface area contributed by atoms with Crippen molar-refractivity contribution in [3.8, 4) is 0 Å². The highest BCUT2D eigenvalue weighted by atomic mass is 14.7. The fraction of sp³-hybridized carbons (Fsp3) is 0.0667. The van der Waals surface area contributed by atoms with Crippen molar-refractivity contribution in [1.82, 2.24) is 0 Å². The van der Waals surface area contributed by atoms with Crippen LogP contribution in [0, 0.1) is 6.92 Å². The predicted octanol–water partition coefficient (Wildman–Crippen LogP) is 3.36. The van der Waals surface area contributed by atoms with Crippen LogP contribution in [0.5, 0.6) is 0 Å². The molecular formula is C15H14N. The maximum atomic E-state index is 4.47. The van der Waals surface area contributed by atoms with Gasteiger partial charge in [0, 0.05) is 17.7 Å². The van der Waals surface area contributed by atoms with E-state index < -0.39 is 0 Å². The molecule has 0 aliphatic carbocycles. The van der Waals surface area contributed by atoms with Gasteiger partial charge in [0.25, 0.3) is 0 Å². The Kier molecular flexibility index (Phi) is 3.50. The van der Waals surface area contributed by atoms with Crippen molar-refractivity contribution in [1.29, 1.82) is 0 Å². The number of hydrogen-bond acceptors (Lipinski definition) is 1. The number of rotatable bonds is 3. The molecule has 0 aromatic heterocycles. The zero-order valence-corrected chi connectivity index (χ0v) is 9.13. The SMILES string of the molecule is [CH2]CN=C(c1ccccc1)c1ccccc1. The van der Waals surface area contributed by atoms with E-state index in [1.54, 1.807) is 0 Å². The van der Waals surface area contributed by atoms with Gasteiger partial charge in [-0.1, -0.05) is 60.7 Å². The molecule has 1 radical (unpaired) electrons. The molecule has 1 nitrogen and oxygen atoms in total. The lowest BCUT2D eigenvalue weighted by atomic mass is 10.0. The van der Waals surface area contributed by atoms with Crippen LogP contribution in [0.25, 0.3) is 0 Å². The molecule has 2 aromatic rings. The topological polar surface area (TPSA) is 12.4 Å². The molecular weight excluding hydrogens is 194 g/mol. The number of benzene rings is 2. The Morgan fingerprint density at radius 1 is 0.812 bits per heavy atom. The van der Waals surface area contributed by atoms with E-state index in [1.165, 1.54) is 0 Å². The van der Waals surface area contributed by atoms with E-state index in [9.17, 15) is 0 Å². The first-order valence-electron chi connectivity index (χ1n) is 5.36. The monoisotopic (exact) mass is 208 g/mol. The molecule has 0 aliphatic rings. The summed E-state index contributed by atoms with van der Waals surface area (Å²) in [6.07, 6.45) is 0. The first-order chi connectivity index (χ1) is 7.92. The molecule has 0 amide bonds. The van der Waals surface area contributed by atoms with Crippen LogP contribution in [0.1, 0.15) is 11.1 Å². The van der Waals surface area contributed by atoms with Gasteiger partial charge in [0.1, 0.15) is 0 Å². The molecule has 0 saturated carbocycles. The Bertz CT molecular complexity index is 416. The second kappa shape index (κ2) is 5.26. The molecule has 16 heavy (non-hydrogen) atoms. The molecule has 0 N–H and O–H groups in total. The Morgan fingerprint density at radius 2 is 1.25 bits per heavy atom. The predicted molar refractivity (Wildman–Crippen MR) is 68.7 cm³/mol. The third-order valence-electron chi connectivity index (χ3n) is 2.36. The zero-order valence-electron chi connectivity index (χ0n) is 9.13. The van der Waals surface area contributed by atoms with Crippen molar-refractivity contribution in [3.05, 3.63) is 78.7 Å². The van der Waals surface area contributed by atoms with Gasteiger partial charge in [0.15, 0.2) is 0 Å². The highest BCUT2D eigenvalue weighted by molar-refractivity contribution is 6.12. The fourth-order valence-electron chi connectivity index (χ4n) is 1.65. The van der Waals surface area contributed by atoms with Crippen LogP contribution in [-0.4, -0.2) is 12.3 Å². The molecule has 0 spiro atoms. The summed E-state index contributed by atoms with van der Waals surface area (Å²) in [6.45, 7) is 4.34. The minimum Gasteiger partial charge on any atom is -0.284 e. The highest BCUT2D eigenvalue weighted by Crippen LogP contribution is 2.10.